The van der Waals surface area contributed by atoms with Gasteiger partial charge in [0.25, 0.3) is 0 Å². The summed E-state index contributed by atoms with van der Waals surface area (Å²) in [6.45, 7) is 4.44. The molecule has 0 radical (unpaired) electrons. The highest BCUT2D eigenvalue weighted by Gasteiger charge is 2.53. The molecule has 0 aromatic carbocycles. The summed E-state index contributed by atoms with van der Waals surface area (Å²) in [5.41, 5.74) is -0.662. The molecule has 2 rings (SSSR count). The zero-order valence-electron chi connectivity index (χ0n) is 12.7. The Morgan fingerprint density at radius 1 is 1.33 bits per heavy atom. The maximum atomic E-state index is 11.8. The molecule has 118 valence electrons. The molecule has 1 aliphatic carbocycles. The molecule has 1 aliphatic heterocycles. The summed E-state index contributed by atoms with van der Waals surface area (Å²) >= 11 is 0. The first-order valence-corrected chi connectivity index (χ1v) is 7.29. The van der Waals surface area contributed by atoms with Gasteiger partial charge in [-0.25, -0.2) is 0 Å². The van der Waals surface area contributed by atoms with Gasteiger partial charge >= 0.3 is 0 Å². The van der Waals surface area contributed by atoms with Gasteiger partial charge in [-0.2, -0.15) is 0 Å². The molecule has 0 bridgehead atoms. The van der Waals surface area contributed by atoms with Crippen molar-refractivity contribution in [3.05, 3.63) is 11.8 Å². The van der Waals surface area contributed by atoms with Gasteiger partial charge in [-0.05, 0) is 33.1 Å². The highest BCUT2D eigenvalue weighted by molar-refractivity contribution is 5.93. The number of aliphatic hydroxyl groups excluding tert-OH is 1. The smallest absolute Gasteiger partial charge is 0.225 e. The lowest BCUT2D eigenvalue weighted by molar-refractivity contribution is -0.153. The minimum atomic E-state index is -1.10. The minimum absolute atomic E-state index is 0.129. The van der Waals surface area contributed by atoms with E-state index >= 15 is 0 Å². The summed E-state index contributed by atoms with van der Waals surface area (Å²) in [5.74, 6) is -0.396. The Labute approximate surface area is 124 Å². The van der Waals surface area contributed by atoms with E-state index < -0.39 is 24.0 Å². The highest BCUT2D eigenvalue weighted by atomic mass is 16.6. The third-order valence-electron chi connectivity index (χ3n) is 4.38. The molecule has 0 unspecified atom stereocenters. The standard InChI is InChI=1S/C15H23NO5/c1-9(10(2)17)8-16(11(3)18)13-7-15(20)6-4-5-12(19)14(15)21-13/h8,12-14,19-20H,4-7H2,1-3H3/b9-8-/t12-,13-,14+,15+/m1/s1. The van der Waals surface area contributed by atoms with Crippen LogP contribution in [0.1, 0.15) is 46.5 Å². The second-order valence-corrected chi connectivity index (χ2v) is 6.07. The number of ketones is 1. The maximum absolute atomic E-state index is 11.8. The van der Waals surface area contributed by atoms with Gasteiger partial charge in [-0.15, -0.1) is 0 Å². The van der Waals surface area contributed by atoms with Crippen LogP contribution in [0.5, 0.6) is 0 Å². The van der Waals surface area contributed by atoms with Crippen LogP contribution >= 0.6 is 0 Å². The number of carbonyl (C=O) groups is 2. The average molecular weight is 297 g/mol. The molecule has 2 fully saturated rings. The predicted molar refractivity (Wildman–Crippen MR) is 75.0 cm³/mol. The van der Waals surface area contributed by atoms with E-state index in [-0.39, 0.29) is 18.1 Å². The SMILES string of the molecule is CC(=O)/C(C)=C\N(C(C)=O)[C@H]1C[C@@]2(O)CCC[C@@H](O)[C@@H]2O1. The van der Waals surface area contributed by atoms with E-state index in [9.17, 15) is 19.8 Å². The van der Waals surface area contributed by atoms with Gasteiger partial charge in [0.15, 0.2) is 5.78 Å². The largest absolute Gasteiger partial charge is 0.390 e. The van der Waals surface area contributed by atoms with E-state index in [1.165, 1.54) is 24.9 Å². The molecule has 0 aromatic rings. The van der Waals surface area contributed by atoms with Crippen molar-refractivity contribution in [2.75, 3.05) is 0 Å². The number of hydrogen-bond donors (Lipinski definition) is 2. The van der Waals surface area contributed by atoms with E-state index in [2.05, 4.69) is 0 Å². The Bertz CT molecular complexity index is 475. The summed E-state index contributed by atoms with van der Waals surface area (Å²) in [5, 5.41) is 20.6. The lowest BCUT2D eigenvalue weighted by Crippen LogP contribution is -2.48. The van der Waals surface area contributed by atoms with E-state index in [4.69, 9.17) is 4.74 Å². The van der Waals surface area contributed by atoms with Crippen LogP contribution in [0.3, 0.4) is 0 Å². The summed E-state index contributed by atoms with van der Waals surface area (Å²) in [4.78, 5) is 24.5. The normalized spacial score (nSPS) is 36.2. The molecule has 6 nitrogen and oxygen atoms in total. The highest BCUT2D eigenvalue weighted by Crippen LogP contribution is 2.42. The predicted octanol–water partition coefficient (Wildman–Crippen LogP) is 0.719. The van der Waals surface area contributed by atoms with Crippen molar-refractivity contribution in [2.24, 2.45) is 0 Å². The fraction of sp³-hybridized carbons (Fsp3) is 0.733. The maximum Gasteiger partial charge on any atom is 0.225 e. The molecule has 0 aromatic heterocycles. The van der Waals surface area contributed by atoms with Gasteiger partial charge in [0.05, 0.1) is 11.7 Å². The lowest BCUT2D eigenvalue weighted by Gasteiger charge is -2.35. The molecule has 6 heteroatoms. The number of allylic oxidation sites excluding steroid dienone is 1. The molecule has 1 saturated heterocycles. The number of Topliss-reactive ketones (excluding diaryl/α,β-unsaturated/α-hetero) is 1. The molecule has 21 heavy (non-hydrogen) atoms. The molecule has 1 amide bonds. The number of carbonyl (C=O) groups excluding carboxylic acids is 2. The van der Waals surface area contributed by atoms with Crippen molar-refractivity contribution in [3.8, 4) is 0 Å². The fourth-order valence-corrected chi connectivity index (χ4v) is 3.06. The monoisotopic (exact) mass is 297 g/mol. The topological polar surface area (TPSA) is 87.1 Å². The molecule has 0 spiro atoms. The van der Waals surface area contributed by atoms with Crippen LogP contribution < -0.4 is 0 Å². The van der Waals surface area contributed by atoms with Gasteiger partial charge in [0.1, 0.15) is 12.3 Å². The van der Waals surface area contributed by atoms with Crippen LogP contribution in [0.25, 0.3) is 0 Å². The van der Waals surface area contributed by atoms with Gasteiger partial charge in [0, 0.05) is 25.1 Å². The first kappa shape index (κ1) is 16.1. The molecule has 1 heterocycles. The molecule has 2 N–H and O–H groups in total. The van der Waals surface area contributed by atoms with E-state index in [0.29, 0.717) is 18.4 Å². The molecule has 2 aliphatic rings. The Hall–Kier alpha value is -1.24. The Balaban J connectivity index is 2.22. The first-order valence-electron chi connectivity index (χ1n) is 7.29. The van der Waals surface area contributed by atoms with Gasteiger partial charge < -0.3 is 14.9 Å². The molecular weight excluding hydrogens is 274 g/mol. The van der Waals surface area contributed by atoms with Crippen molar-refractivity contribution in [1.29, 1.82) is 0 Å². The van der Waals surface area contributed by atoms with Crippen LogP contribution in [0, 0.1) is 0 Å². The van der Waals surface area contributed by atoms with Crippen LogP contribution in [-0.4, -0.2) is 50.8 Å². The Morgan fingerprint density at radius 3 is 2.52 bits per heavy atom. The van der Waals surface area contributed by atoms with Crippen molar-refractivity contribution in [2.45, 2.75) is 70.5 Å². The number of hydrogen-bond acceptors (Lipinski definition) is 5. The average Bonchev–Trinajstić information content (AvgIpc) is 2.73. The van der Waals surface area contributed by atoms with Gasteiger partial charge in [-0.1, -0.05) is 0 Å². The molecule has 1 saturated carbocycles. The van der Waals surface area contributed by atoms with Crippen LogP contribution in [0.2, 0.25) is 0 Å². The summed E-state index contributed by atoms with van der Waals surface area (Å²) in [7, 11) is 0. The number of nitrogens with zero attached hydrogens (tertiary/aromatic N) is 1. The third-order valence-corrected chi connectivity index (χ3v) is 4.38. The summed E-state index contributed by atoms with van der Waals surface area (Å²) < 4.78 is 5.73. The molecular formula is C15H23NO5. The van der Waals surface area contributed by atoms with Crippen LogP contribution in [-0.2, 0) is 14.3 Å². The quantitative estimate of drug-likeness (QED) is 0.750. The summed E-state index contributed by atoms with van der Waals surface area (Å²) in [6, 6.07) is 0. The van der Waals surface area contributed by atoms with Gasteiger partial charge in [-0.3, -0.25) is 14.5 Å². The van der Waals surface area contributed by atoms with E-state index in [0.717, 1.165) is 6.42 Å². The second kappa shape index (κ2) is 5.87. The Kier molecular flexibility index (Phi) is 4.51. The third kappa shape index (κ3) is 3.17. The van der Waals surface area contributed by atoms with E-state index in [1.807, 2.05) is 0 Å². The lowest BCUT2D eigenvalue weighted by atomic mass is 9.80. The zero-order chi connectivity index (χ0) is 15.8. The van der Waals surface area contributed by atoms with Crippen molar-refractivity contribution in [1.82, 2.24) is 4.90 Å². The minimum Gasteiger partial charge on any atom is -0.390 e. The number of rotatable bonds is 3. The molecule has 4 atom stereocenters. The first-order chi connectivity index (χ1) is 9.74. The van der Waals surface area contributed by atoms with Gasteiger partial charge in [0.2, 0.25) is 5.91 Å². The van der Waals surface area contributed by atoms with Crippen LogP contribution in [0.15, 0.2) is 11.8 Å². The van der Waals surface area contributed by atoms with Crippen molar-refractivity contribution < 1.29 is 24.5 Å². The number of ether oxygens (including phenoxy) is 1. The second-order valence-electron chi connectivity index (χ2n) is 6.07. The van der Waals surface area contributed by atoms with E-state index in [1.54, 1.807) is 6.92 Å². The number of aliphatic hydroxyl groups is 2. The fourth-order valence-electron chi connectivity index (χ4n) is 3.06. The number of amides is 1. The van der Waals surface area contributed by atoms with Crippen LogP contribution in [0.4, 0.5) is 0 Å². The van der Waals surface area contributed by atoms with Crippen molar-refractivity contribution in [3.63, 3.8) is 0 Å². The summed E-state index contributed by atoms with van der Waals surface area (Å²) in [6.07, 6.45) is 1.52. The zero-order valence-corrected chi connectivity index (χ0v) is 12.7. The Morgan fingerprint density at radius 2 is 2.00 bits per heavy atom. The van der Waals surface area contributed by atoms with Crippen molar-refractivity contribution >= 4 is 11.7 Å². The number of fused-ring (bicyclic) bond motifs is 1.